The normalized spacial score (nSPS) is 21.4. The molecular formula is C11H23N3. The van der Waals surface area contributed by atoms with Gasteiger partial charge in [-0.1, -0.05) is 27.2 Å². The quantitative estimate of drug-likeness (QED) is 0.673. The summed E-state index contributed by atoms with van der Waals surface area (Å²) in [6.45, 7) is 11.0. The van der Waals surface area contributed by atoms with Crippen molar-refractivity contribution in [3.63, 3.8) is 0 Å². The Kier molecular flexibility index (Phi) is 4.23. The molecule has 1 rings (SSSR count). The van der Waals surface area contributed by atoms with E-state index in [-0.39, 0.29) is 0 Å². The molecule has 1 aliphatic rings. The summed E-state index contributed by atoms with van der Waals surface area (Å²) in [5.74, 6) is 0.706. The molecule has 1 heterocycles. The first kappa shape index (κ1) is 11.3. The lowest BCUT2D eigenvalue weighted by molar-refractivity contribution is 0.120. The molecule has 14 heavy (non-hydrogen) atoms. The highest BCUT2D eigenvalue weighted by Crippen LogP contribution is 2.18. The molecule has 0 bridgehead atoms. The highest BCUT2D eigenvalue weighted by atomic mass is 15.6. The highest BCUT2D eigenvalue weighted by molar-refractivity contribution is 5.57. The second-order valence-electron chi connectivity index (χ2n) is 4.35. The van der Waals surface area contributed by atoms with Crippen LogP contribution in [0.2, 0.25) is 0 Å². The lowest BCUT2D eigenvalue weighted by Gasteiger charge is -2.30. The standard InChI is InChI=1S/C11H23N3/c1-5-7-11-13(8-10(3)4)9-12-14(11)6-2/h9-11H,5-8H2,1-4H3. The van der Waals surface area contributed by atoms with Crippen molar-refractivity contribution < 1.29 is 0 Å². The molecule has 0 fully saturated rings. The van der Waals surface area contributed by atoms with Gasteiger partial charge in [0.15, 0.2) is 0 Å². The third-order valence-electron chi connectivity index (χ3n) is 2.52. The van der Waals surface area contributed by atoms with E-state index >= 15 is 0 Å². The number of hydrogen-bond donors (Lipinski definition) is 0. The van der Waals surface area contributed by atoms with Crippen LogP contribution in [0.15, 0.2) is 5.10 Å². The molecule has 0 aromatic rings. The molecule has 0 aromatic heterocycles. The van der Waals surface area contributed by atoms with Gasteiger partial charge in [-0.15, -0.1) is 0 Å². The Morgan fingerprint density at radius 3 is 2.57 bits per heavy atom. The summed E-state index contributed by atoms with van der Waals surface area (Å²) in [4.78, 5) is 2.37. The maximum absolute atomic E-state index is 4.42. The fourth-order valence-corrected chi connectivity index (χ4v) is 1.91. The minimum atomic E-state index is 0.507. The van der Waals surface area contributed by atoms with Gasteiger partial charge in [-0.05, 0) is 19.3 Å². The smallest absolute Gasteiger partial charge is 0.119 e. The molecule has 3 heteroatoms. The van der Waals surface area contributed by atoms with Crippen molar-refractivity contribution in [1.82, 2.24) is 9.91 Å². The molecule has 0 amide bonds. The van der Waals surface area contributed by atoms with Gasteiger partial charge >= 0.3 is 0 Å². The third-order valence-corrected chi connectivity index (χ3v) is 2.52. The minimum Gasteiger partial charge on any atom is -0.339 e. The number of hydrazone groups is 1. The van der Waals surface area contributed by atoms with Crippen molar-refractivity contribution in [3.8, 4) is 0 Å². The largest absolute Gasteiger partial charge is 0.339 e. The van der Waals surface area contributed by atoms with Gasteiger partial charge in [-0.25, -0.2) is 0 Å². The summed E-state index contributed by atoms with van der Waals surface area (Å²) in [6, 6.07) is 0. The molecule has 0 saturated carbocycles. The first-order valence-electron chi connectivity index (χ1n) is 5.75. The van der Waals surface area contributed by atoms with E-state index in [1.807, 2.05) is 6.34 Å². The second-order valence-corrected chi connectivity index (χ2v) is 4.35. The average Bonchev–Trinajstić information content (AvgIpc) is 2.48. The SMILES string of the molecule is CCCC1N(CC(C)C)C=NN1CC. The van der Waals surface area contributed by atoms with E-state index in [0.717, 1.165) is 13.1 Å². The van der Waals surface area contributed by atoms with Crippen LogP contribution >= 0.6 is 0 Å². The number of hydrogen-bond acceptors (Lipinski definition) is 3. The zero-order valence-electron chi connectivity index (χ0n) is 9.90. The summed E-state index contributed by atoms with van der Waals surface area (Å²) in [5.41, 5.74) is 0. The summed E-state index contributed by atoms with van der Waals surface area (Å²) < 4.78 is 0. The monoisotopic (exact) mass is 197 g/mol. The van der Waals surface area contributed by atoms with Gasteiger partial charge in [0, 0.05) is 13.1 Å². The van der Waals surface area contributed by atoms with Crippen LogP contribution in [0.25, 0.3) is 0 Å². The molecule has 3 nitrogen and oxygen atoms in total. The van der Waals surface area contributed by atoms with Crippen molar-refractivity contribution in [2.75, 3.05) is 13.1 Å². The fourth-order valence-electron chi connectivity index (χ4n) is 1.91. The maximum atomic E-state index is 4.42. The van der Waals surface area contributed by atoms with E-state index in [1.54, 1.807) is 0 Å². The van der Waals surface area contributed by atoms with Crippen LogP contribution in [0.4, 0.5) is 0 Å². The first-order chi connectivity index (χ1) is 6.69. The fraction of sp³-hybridized carbons (Fsp3) is 0.909. The Hall–Kier alpha value is -0.730. The van der Waals surface area contributed by atoms with Crippen molar-refractivity contribution >= 4 is 6.34 Å². The topological polar surface area (TPSA) is 18.8 Å². The molecule has 0 spiro atoms. The molecule has 0 saturated heterocycles. The third kappa shape index (κ3) is 2.63. The van der Waals surface area contributed by atoms with E-state index in [9.17, 15) is 0 Å². The lowest BCUT2D eigenvalue weighted by atomic mass is 10.2. The molecule has 1 unspecified atom stereocenters. The van der Waals surface area contributed by atoms with Crippen LogP contribution in [0, 0.1) is 5.92 Å². The van der Waals surface area contributed by atoms with Crippen molar-refractivity contribution in [2.24, 2.45) is 11.0 Å². The molecule has 0 aliphatic carbocycles. The van der Waals surface area contributed by atoms with E-state index in [1.165, 1.54) is 12.8 Å². The van der Waals surface area contributed by atoms with Crippen LogP contribution in [0.5, 0.6) is 0 Å². The van der Waals surface area contributed by atoms with Gasteiger partial charge in [0.25, 0.3) is 0 Å². The van der Waals surface area contributed by atoms with Gasteiger partial charge in [0.05, 0.1) is 0 Å². The molecule has 1 atom stereocenters. The van der Waals surface area contributed by atoms with Gasteiger partial charge in [-0.3, -0.25) is 5.01 Å². The van der Waals surface area contributed by atoms with E-state index in [0.29, 0.717) is 12.1 Å². The molecule has 0 N–H and O–H groups in total. The van der Waals surface area contributed by atoms with Crippen LogP contribution in [-0.4, -0.2) is 35.5 Å². The average molecular weight is 197 g/mol. The predicted molar refractivity (Wildman–Crippen MR) is 61.1 cm³/mol. The van der Waals surface area contributed by atoms with Crippen LogP contribution in [0.1, 0.15) is 40.5 Å². The van der Waals surface area contributed by atoms with Crippen molar-refractivity contribution in [3.05, 3.63) is 0 Å². The van der Waals surface area contributed by atoms with Crippen LogP contribution in [-0.2, 0) is 0 Å². The minimum absolute atomic E-state index is 0.507. The zero-order valence-corrected chi connectivity index (χ0v) is 9.90. The van der Waals surface area contributed by atoms with Crippen LogP contribution in [0.3, 0.4) is 0 Å². The summed E-state index contributed by atoms with van der Waals surface area (Å²) in [5, 5.41) is 6.61. The molecule has 1 aliphatic heterocycles. The van der Waals surface area contributed by atoms with Gasteiger partial charge in [-0.2, -0.15) is 5.10 Å². The molecule has 0 radical (unpaired) electrons. The Balaban J connectivity index is 2.53. The van der Waals surface area contributed by atoms with Gasteiger partial charge < -0.3 is 4.90 Å². The van der Waals surface area contributed by atoms with E-state index in [4.69, 9.17) is 0 Å². The molecule has 0 aromatic carbocycles. The second kappa shape index (κ2) is 5.23. The summed E-state index contributed by atoms with van der Waals surface area (Å²) in [7, 11) is 0. The van der Waals surface area contributed by atoms with E-state index < -0.39 is 0 Å². The Morgan fingerprint density at radius 2 is 2.07 bits per heavy atom. The zero-order chi connectivity index (χ0) is 10.6. The number of rotatable bonds is 5. The highest BCUT2D eigenvalue weighted by Gasteiger charge is 2.25. The van der Waals surface area contributed by atoms with Crippen molar-refractivity contribution in [2.45, 2.75) is 46.7 Å². The van der Waals surface area contributed by atoms with Gasteiger partial charge in [0.2, 0.25) is 0 Å². The molecule has 82 valence electrons. The summed E-state index contributed by atoms with van der Waals surface area (Å²) in [6.07, 6.45) is 4.94. The first-order valence-corrected chi connectivity index (χ1v) is 5.75. The Bertz CT molecular complexity index is 189. The van der Waals surface area contributed by atoms with Crippen LogP contribution < -0.4 is 0 Å². The Labute approximate surface area is 87.8 Å². The summed E-state index contributed by atoms with van der Waals surface area (Å²) >= 11 is 0. The van der Waals surface area contributed by atoms with E-state index in [2.05, 4.69) is 42.7 Å². The molecular weight excluding hydrogens is 174 g/mol. The Morgan fingerprint density at radius 1 is 1.36 bits per heavy atom. The maximum Gasteiger partial charge on any atom is 0.119 e. The predicted octanol–water partition coefficient (Wildman–Crippen LogP) is 2.35. The van der Waals surface area contributed by atoms with Crippen molar-refractivity contribution in [1.29, 1.82) is 0 Å². The van der Waals surface area contributed by atoms with Gasteiger partial charge in [0.1, 0.15) is 12.5 Å². The lowest BCUT2D eigenvalue weighted by Crippen LogP contribution is -2.41. The number of nitrogens with zero attached hydrogens (tertiary/aromatic N) is 3.